The van der Waals surface area contributed by atoms with Gasteiger partial charge >= 0.3 is 6.18 Å². The van der Waals surface area contributed by atoms with Crippen molar-refractivity contribution in [2.45, 2.75) is 6.18 Å². The van der Waals surface area contributed by atoms with Gasteiger partial charge in [-0.25, -0.2) is 9.37 Å². The summed E-state index contributed by atoms with van der Waals surface area (Å²) in [6.45, 7) is 0. The molecular formula is C19H16F4N4O. The lowest BCUT2D eigenvalue weighted by Gasteiger charge is -2.22. The van der Waals surface area contributed by atoms with Gasteiger partial charge < -0.3 is 15.0 Å². The second-order valence-corrected chi connectivity index (χ2v) is 5.82. The molecule has 28 heavy (non-hydrogen) atoms. The minimum Gasteiger partial charge on any atom is -0.497 e. The van der Waals surface area contributed by atoms with E-state index in [0.717, 1.165) is 12.1 Å². The fraction of sp³-hybridized carbons (Fsp3) is 0.158. The first kappa shape index (κ1) is 19.4. The summed E-state index contributed by atoms with van der Waals surface area (Å²) in [5.74, 6) is -0.222. The minimum absolute atomic E-state index is 0.0119. The van der Waals surface area contributed by atoms with E-state index >= 15 is 0 Å². The molecule has 2 aromatic carbocycles. The van der Waals surface area contributed by atoms with E-state index in [9.17, 15) is 17.6 Å². The van der Waals surface area contributed by atoms with Crippen LogP contribution in [0.3, 0.4) is 0 Å². The third-order valence-corrected chi connectivity index (χ3v) is 3.95. The number of aromatic nitrogens is 2. The zero-order chi connectivity index (χ0) is 20.3. The third-order valence-electron chi connectivity index (χ3n) is 3.95. The van der Waals surface area contributed by atoms with Gasteiger partial charge in [0.25, 0.3) is 0 Å². The van der Waals surface area contributed by atoms with Crippen LogP contribution in [0.1, 0.15) is 5.56 Å². The first-order valence-corrected chi connectivity index (χ1v) is 8.12. The van der Waals surface area contributed by atoms with Crippen molar-refractivity contribution in [2.24, 2.45) is 0 Å². The second kappa shape index (κ2) is 7.71. The summed E-state index contributed by atoms with van der Waals surface area (Å²) in [4.78, 5) is 9.03. The highest BCUT2D eigenvalue weighted by Crippen LogP contribution is 2.37. The summed E-state index contributed by atoms with van der Waals surface area (Å²) >= 11 is 0. The average molecular weight is 392 g/mol. The maximum absolute atomic E-state index is 13.4. The van der Waals surface area contributed by atoms with E-state index in [1.807, 2.05) is 0 Å². The molecule has 3 rings (SSSR count). The first-order valence-electron chi connectivity index (χ1n) is 8.12. The quantitative estimate of drug-likeness (QED) is 0.608. The smallest absolute Gasteiger partial charge is 0.421 e. The number of anilines is 4. The van der Waals surface area contributed by atoms with E-state index in [2.05, 4.69) is 15.3 Å². The summed E-state index contributed by atoms with van der Waals surface area (Å²) in [6.07, 6.45) is -3.93. The number of nitrogens with one attached hydrogen (secondary N) is 1. The molecular weight excluding hydrogens is 376 g/mol. The number of hydrogen-bond acceptors (Lipinski definition) is 5. The molecule has 9 heteroatoms. The van der Waals surface area contributed by atoms with Gasteiger partial charge in [-0.1, -0.05) is 0 Å². The van der Waals surface area contributed by atoms with Crippen molar-refractivity contribution in [3.05, 3.63) is 66.1 Å². The monoisotopic (exact) mass is 392 g/mol. The molecule has 1 heterocycles. The predicted octanol–water partition coefficient (Wildman–Crippen LogP) is 5.15. The molecule has 3 aromatic rings. The van der Waals surface area contributed by atoms with Gasteiger partial charge in [-0.2, -0.15) is 18.2 Å². The number of hydrogen-bond donors (Lipinski definition) is 1. The SMILES string of the molecule is COc1ccc(Nc2ncc(C(F)(F)F)c(N(C)c3ccc(F)cc3)n2)cc1. The van der Waals surface area contributed by atoms with Gasteiger partial charge in [0.2, 0.25) is 5.95 Å². The maximum atomic E-state index is 13.4. The molecule has 0 atom stereocenters. The highest BCUT2D eigenvalue weighted by molar-refractivity contribution is 5.65. The van der Waals surface area contributed by atoms with E-state index in [1.165, 1.54) is 31.2 Å². The number of alkyl halides is 3. The molecule has 0 radical (unpaired) electrons. The number of nitrogens with zero attached hydrogens (tertiary/aromatic N) is 3. The molecule has 0 bridgehead atoms. The zero-order valence-corrected chi connectivity index (χ0v) is 15.0. The van der Waals surface area contributed by atoms with Crippen molar-refractivity contribution in [3.8, 4) is 5.75 Å². The highest BCUT2D eigenvalue weighted by atomic mass is 19.4. The van der Waals surface area contributed by atoms with E-state index in [4.69, 9.17) is 4.74 Å². The Balaban J connectivity index is 1.97. The van der Waals surface area contributed by atoms with Gasteiger partial charge in [-0.05, 0) is 48.5 Å². The van der Waals surface area contributed by atoms with Crippen molar-refractivity contribution in [2.75, 3.05) is 24.4 Å². The van der Waals surface area contributed by atoms with Crippen LogP contribution in [-0.2, 0) is 6.18 Å². The molecule has 0 aliphatic carbocycles. The largest absolute Gasteiger partial charge is 0.497 e. The van der Waals surface area contributed by atoms with Crippen LogP contribution in [0.5, 0.6) is 5.75 Å². The molecule has 0 amide bonds. The van der Waals surface area contributed by atoms with Gasteiger partial charge in [0.15, 0.2) is 5.82 Å². The molecule has 0 aliphatic heterocycles. The van der Waals surface area contributed by atoms with Gasteiger partial charge in [-0.15, -0.1) is 0 Å². The molecule has 1 aromatic heterocycles. The van der Waals surface area contributed by atoms with Crippen LogP contribution in [0, 0.1) is 5.82 Å². The summed E-state index contributed by atoms with van der Waals surface area (Å²) in [5, 5.41) is 2.86. The Morgan fingerprint density at radius 3 is 2.21 bits per heavy atom. The standard InChI is InChI=1S/C19H16F4N4O/c1-27(14-7-3-12(20)4-8-14)17-16(19(21,22)23)11-24-18(26-17)25-13-5-9-15(28-2)10-6-13/h3-11H,1-2H3,(H,24,25,26). The van der Waals surface area contributed by atoms with Gasteiger partial charge in [0.05, 0.1) is 7.11 Å². The van der Waals surface area contributed by atoms with Gasteiger partial charge in [0.1, 0.15) is 17.1 Å². The Bertz CT molecular complexity index is 944. The molecule has 0 unspecified atom stereocenters. The molecule has 0 saturated heterocycles. The molecule has 5 nitrogen and oxygen atoms in total. The fourth-order valence-electron chi connectivity index (χ4n) is 2.48. The Kier molecular flexibility index (Phi) is 5.34. The highest BCUT2D eigenvalue weighted by Gasteiger charge is 2.36. The molecule has 1 N–H and O–H groups in total. The van der Waals surface area contributed by atoms with Crippen LogP contribution >= 0.6 is 0 Å². The molecule has 0 aliphatic rings. The normalized spacial score (nSPS) is 11.2. The van der Waals surface area contributed by atoms with Gasteiger partial charge in [-0.3, -0.25) is 0 Å². The van der Waals surface area contributed by atoms with E-state index in [-0.39, 0.29) is 11.8 Å². The summed E-state index contributed by atoms with van der Waals surface area (Å²) in [5.41, 5.74) is -0.0726. The van der Waals surface area contributed by atoms with Crippen molar-refractivity contribution in [1.29, 1.82) is 0 Å². The minimum atomic E-state index is -4.65. The Hall–Kier alpha value is -3.36. The van der Waals surface area contributed by atoms with Crippen LogP contribution in [-0.4, -0.2) is 24.1 Å². The molecule has 0 saturated carbocycles. The van der Waals surface area contributed by atoms with E-state index in [1.54, 1.807) is 24.3 Å². The average Bonchev–Trinajstić information content (AvgIpc) is 2.68. The van der Waals surface area contributed by atoms with Crippen molar-refractivity contribution < 1.29 is 22.3 Å². The van der Waals surface area contributed by atoms with E-state index < -0.39 is 17.6 Å². The summed E-state index contributed by atoms with van der Waals surface area (Å²) in [7, 11) is 2.95. The van der Waals surface area contributed by atoms with Gasteiger partial charge in [0, 0.05) is 24.6 Å². The van der Waals surface area contributed by atoms with Crippen LogP contribution in [0.15, 0.2) is 54.7 Å². The third kappa shape index (κ3) is 4.30. The number of benzene rings is 2. The molecule has 0 fully saturated rings. The molecule has 146 valence electrons. The lowest BCUT2D eigenvalue weighted by atomic mass is 10.2. The number of halogens is 4. The van der Waals surface area contributed by atoms with Crippen LogP contribution in [0.4, 0.5) is 40.7 Å². The Labute approximate surface area is 158 Å². The predicted molar refractivity (Wildman–Crippen MR) is 97.8 cm³/mol. The van der Waals surface area contributed by atoms with Crippen LogP contribution in [0.2, 0.25) is 0 Å². The second-order valence-electron chi connectivity index (χ2n) is 5.82. The maximum Gasteiger partial charge on any atom is 0.421 e. The molecule has 0 spiro atoms. The number of rotatable bonds is 5. The summed E-state index contributed by atoms with van der Waals surface area (Å²) in [6, 6.07) is 11.8. The topological polar surface area (TPSA) is 50.3 Å². The Morgan fingerprint density at radius 1 is 1.00 bits per heavy atom. The van der Waals surface area contributed by atoms with Crippen LogP contribution in [0.25, 0.3) is 0 Å². The lowest BCUT2D eigenvalue weighted by Crippen LogP contribution is -2.19. The first-order chi connectivity index (χ1) is 13.3. The lowest BCUT2D eigenvalue weighted by molar-refractivity contribution is -0.137. The number of methoxy groups -OCH3 is 1. The number of ether oxygens (including phenoxy) is 1. The summed E-state index contributed by atoms with van der Waals surface area (Å²) < 4.78 is 58.5. The van der Waals surface area contributed by atoms with Crippen LogP contribution < -0.4 is 15.0 Å². The fourth-order valence-corrected chi connectivity index (χ4v) is 2.48. The van der Waals surface area contributed by atoms with Crippen molar-refractivity contribution >= 4 is 23.1 Å². The zero-order valence-electron chi connectivity index (χ0n) is 15.0. The van der Waals surface area contributed by atoms with E-state index in [0.29, 0.717) is 23.3 Å². The van der Waals surface area contributed by atoms with Crippen molar-refractivity contribution in [1.82, 2.24) is 9.97 Å². The van der Waals surface area contributed by atoms with Crippen molar-refractivity contribution in [3.63, 3.8) is 0 Å². The Morgan fingerprint density at radius 2 is 1.64 bits per heavy atom.